The van der Waals surface area contributed by atoms with E-state index in [0.717, 1.165) is 16.3 Å². The number of pyridine rings is 1. The highest BCUT2D eigenvalue weighted by Gasteiger charge is 2.61. The Bertz CT molecular complexity index is 1780. The normalized spacial score (nSPS) is 28.3. The molecule has 5 atom stereocenters. The van der Waals surface area contributed by atoms with Crippen LogP contribution in [-0.2, 0) is 33.9 Å². The topological polar surface area (TPSA) is 149 Å². The van der Waals surface area contributed by atoms with Crippen LogP contribution in [-0.4, -0.2) is 72.4 Å². The molecule has 6 rings (SSSR count). The van der Waals surface area contributed by atoms with E-state index in [-0.39, 0.29) is 62.4 Å². The van der Waals surface area contributed by atoms with Gasteiger partial charge in [0.2, 0.25) is 27.7 Å². The second-order valence-corrected chi connectivity index (χ2v) is 16.4. The number of rotatable bonds is 9. The second-order valence-electron chi connectivity index (χ2n) is 14.4. The van der Waals surface area contributed by atoms with E-state index in [1.807, 2.05) is 50.3 Å². The molecular formula is C37H45N3O8S. The number of ether oxygens (including phenoxy) is 2. The molecule has 3 heterocycles. The van der Waals surface area contributed by atoms with Crippen molar-refractivity contribution in [3.8, 4) is 5.88 Å². The summed E-state index contributed by atoms with van der Waals surface area (Å²) < 4.78 is 39.6. The minimum Gasteiger partial charge on any atom is -0.472 e. The number of esters is 1. The number of carbonyl (C=O) groups is 4. The van der Waals surface area contributed by atoms with Crippen molar-refractivity contribution in [3.05, 3.63) is 54.8 Å². The van der Waals surface area contributed by atoms with Gasteiger partial charge in [-0.05, 0) is 73.4 Å². The van der Waals surface area contributed by atoms with Crippen molar-refractivity contribution >= 4 is 50.4 Å². The van der Waals surface area contributed by atoms with Gasteiger partial charge in [0.05, 0.1) is 36.3 Å². The van der Waals surface area contributed by atoms with E-state index in [9.17, 15) is 27.6 Å². The molecule has 0 spiro atoms. The molecule has 2 aliphatic heterocycles. The molecule has 0 radical (unpaired) electrons. The Kier molecular flexibility index (Phi) is 9.97. The van der Waals surface area contributed by atoms with Gasteiger partial charge >= 0.3 is 5.97 Å². The zero-order chi connectivity index (χ0) is 34.9. The predicted octanol–water partition coefficient (Wildman–Crippen LogP) is 4.75. The molecule has 0 unspecified atom stereocenters. The van der Waals surface area contributed by atoms with E-state index in [1.165, 1.54) is 4.90 Å². The summed E-state index contributed by atoms with van der Waals surface area (Å²) in [5.74, 6) is -2.51. The summed E-state index contributed by atoms with van der Waals surface area (Å²) in [5.41, 5.74) is -0.312. The van der Waals surface area contributed by atoms with Gasteiger partial charge < -0.3 is 14.4 Å². The fourth-order valence-corrected chi connectivity index (χ4v) is 8.58. The number of fused-ring (bicyclic) bond motifs is 3. The number of nitrogens with zero attached hydrogens (tertiary/aromatic N) is 2. The van der Waals surface area contributed by atoms with Crippen LogP contribution >= 0.6 is 0 Å². The van der Waals surface area contributed by atoms with E-state index >= 15 is 0 Å². The summed E-state index contributed by atoms with van der Waals surface area (Å²) in [6.07, 6.45) is 9.46. The quantitative estimate of drug-likeness (QED) is 0.291. The average Bonchev–Trinajstić information content (AvgIpc) is 3.98. The van der Waals surface area contributed by atoms with E-state index in [1.54, 1.807) is 12.3 Å². The van der Waals surface area contributed by atoms with Gasteiger partial charge in [-0.25, -0.2) is 13.4 Å². The lowest BCUT2D eigenvalue weighted by Crippen LogP contribution is -2.46. The van der Waals surface area contributed by atoms with Gasteiger partial charge in [-0.3, -0.25) is 23.9 Å². The molecule has 2 aliphatic carbocycles. The van der Waals surface area contributed by atoms with Gasteiger partial charge in [0, 0.05) is 30.3 Å². The third-order valence-electron chi connectivity index (χ3n) is 10.1. The third-order valence-corrected chi connectivity index (χ3v) is 11.9. The maximum absolute atomic E-state index is 14.3. The molecule has 4 aliphatic rings. The van der Waals surface area contributed by atoms with Gasteiger partial charge in [-0.2, -0.15) is 0 Å². The summed E-state index contributed by atoms with van der Waals surface area (Å²) in [6.45, 7) is 8.05. The highest BCUT2D eigenvalue weighted by atomic mass is 32.2. The maximum atomic E-state index is 14.3. The number of Topliss-reactive ketones (excluding diaryl/α,β-unsaturated/α-hetero) is 1. The molecule has 1 aromatic carbocycles. The number of cyclic esters (lactones) is 1. The number of aromatic nitrogens is 1. The lowest BCUT2D eigenvalue weighted by atomic mass is 9.90. The predicted molar refractivity (Wildman–Crippen MR) is 184 cm³/mol. The van der Waals surface area contributed by atoms with Gasteiger partial charge in [0.1, 0.15) is 6.10 Å². The summed E-state index contributed by atoms with van der Waals surface area (Å²) >= 11 is 0. The Morgan fingerprint density at radius 2 is 2.00 bits per heavy atom. The van der Waals surface area contributed by atoms with E-state index in [2.05, 4.69) is 16.3 Å². The number of amides is 2. The van der Waals surface area contributed by atoms with Gasteiger partial charge in [0.25, 0.3) is 0 Å². The van der Waals surface area contributed by atoms with Crippen molar-refractivity contribution in [2.75, 3.05) is 13.2 Å². The first-order chi connectivity index (χ1) is 23.4. The number of allylic oxidation sites excluding steroid dienone is 2. The van der Waals surface area contributed by atoms with Crippen LogP contribution in [0.25, 0.3) is 16.8 Å². The van der Waals surface area contributed by atoms with Crippen molar-refractivity contribution in [2.45, 2.75) is 89.0 Å². The van der Waals surface area contributed by atoms with Crippen LogP contribution in [0.4, 0.5) is 0 Å². The van der Waals surface area contributed by atoms with Gasteiger partial charge in [-0.1, -0.05) is 44.2 Å². The van der Waals surface area contributed by atoms with Gasteiger partial charge in [0.15, 0.2) is 5.78 Å². The Morgan fingerprint density at radius 1 is 1.20 bits per heavy atom. The summed E-state index contributed by atoms with van der Waals surface area (Å²) in [7, 11) is -3.83. The van der Waals surface area contributed by atoms with Crippen molar-refractivity contribution in [1.29, 1.82) is 0 Å². The number of ketones is 1. The van der Waals surface area contributed by atoms with Crippen molar-refractivity contribution in [2.24, 2.45) is 23.2 Å². The highest BCUT2D eigenvalue weighted by Crippen LogP contribution is 2.57. The lowest BCUT2D eigenvalue weighted by Gasteiger charge is -2.29. The fraction of sp³-hybridized carbons (Fsp3) is 0.541. The lowest BCUT2D eigenvalue weighted by molar-refractivity contribution is -0.150. The van der Waals surface area contributed by atoms with E-state index < -0.39 is 50.6 Å². The van der Waals surface area contributed by atoms with Crippen LogP contribution < -0.4 is 9.46 Å². The van der Waals surface area contributed by atoms with Crippen molar-refractivity contribution < 1.29 is 37.1 Å². The molecule has 1 saturated heterocycles. The number of benzene rings is 1. The SMILES string of the molecule is C=C[C@H]1C[C@]1(CC(=O)[C@@H]1C[C@@H]2CN1C(=O)[C@H](CC(C)C)CC(=O)OCCC/C=C/c1ccc3ccnc(c3c1)O2)C(=O)NS(=O)(=O)C1CC1. The molecule has 3 fully saturated rings. The van der Waals surface area contributed by atoms with Crippen LogP contribution in [0.15, 0.2) is 49.2 Å². The zero-order valence-electron chi connectivity index (χ0n) is 28.1. The van der Waals surface area contributed by atoms with Crippen molar-refractivity contribution in [1.82, 2.24) is 14.6 Å². The monoisotopic (exact) mass is 691 g/mol. The number of hydrogen-bond donors (Lipinski definition) is 1. The Hall–Kier alpha value is -4.06. The first-order valence-electron chi connectivity index (χ1n) is 17.3. The first kappa shape index (κ1) is 34.8. The molecule has 11 nitrogen and oxygen atoms in total. The molecule has 2 amide bonds. The molecule has 4 bridgehead atoms. The largest absolute Gasteiger partial charge is 0.472 e. The smallest absolute Gasteiger partial charge is 0.306 e. The Morgan fingerprint density at radius 3 is 2.71 bits per heavy atom. The molecule has 1 aromatic heterocycles. The standard InChI is InChI=1S/C37H45N3O8S/c1-4-27-20-37(27,36(44)39-49(45,46)29-11-12-29)21-32(41)31-19-28-22-40(31)35(43)26(16-23(2)3)18-33(42)47-15-7-5-6-8-24-9-10-25-13-14-38-34(48-28)30(25)17-24/h4,6,8-10,13-14,17,23,26-29,31H,1,5,7,11-12,15-16,18-22H2,2-3H3,(H,39,44)/b8-6+/t26-,27+,28-,31+,37-/m1/s1. The zero-order valence-corrected chi connectivity index (χ0v) is 29.0. The van der Waals surface area contributed by atoms with Crippen LogP contribution in [0.5, 0.6) is 5.88 Å². The van der Waals surface area contributed by atoms with Crippen LogP contribution in [0, 0.1) is 23.2 Å². The fourth-order valence-electron chi connectivity index (χ4n) is 7.20. The summed E-state index contributed by atoms with van der Waals surface area (Å²) in [5, 5.41) is 1.13. The number of sulfonamides is 1. The van der Waals surface area contributed by atoms with E-state index in [0.29, 0.717) is 38.0 Å². The van der Waals surface area contributed by atoms with Crippen LogP contribution in [0.2, 0.25) is 0 Å². The molecule has 2 saturated carbocycles. The number of nitrogens with one attached hydrogen (secondary N) is 1. The molecular weight excluding hydrogens is 646 g/mol. The number of hydrogen-bond acceptors (Lipinski definition) is 9. The highest BCUT2D eigenvalue weighted by molar-refractivity contribution is 7.90. The van der Waals surface area contributed by atoms with Crippen molar-refractivity contribution in [3.63, 3.8) is 0 Å². The van der Waals surface area contributed by atoms with E-state index in [4.69, 9.17) is 9.47 Å². The Balaban J connectivity index is 1.32. The van der Waals surface area contributed by atoms with Gasteiger partial charge in [-0.15, -0.1) is 6.58 Å². The first-order valence-corrected chi connectivity index (χ1v) is 18.8. The molecule has 262 valence electrons. The minimum absolute atomic E-state index is 0.0800. The van der Waals surface area contributed by atoms with Crippen LogP contribution in [0.3, 0.4) is 0 Å². The molecule has 12 heteroatoms. The number of carbonyl (C=O) groups excluding carboxylic acids is 4. The average molecular weight is 692 g/mol. The third kappa shape index (κ3) is 7.74. The Labute approximate surface area is 287 Å². The molecule has 49 heavy (non-hydrogen) atoms. The summed E-state index contributed by atoms with van der Waals surface area (Å²) in [4.78, 5) is 61.1. The second kappa shape index (κ2) is 14.0. The van der Waals surface area contributed by atoms with Crippen LogP contribution in [0.1, 0.15) is 77.2 Å². The minimum atomic E-state index is -3.83. The maximum Gasteiger partial charge on any atom is 0.306 e. The molecule has 2 aromatic rings. The summed E-state index contributed by atoms with van der Waals surface area (Å²) in [6, 6.07) is 6.90. The molecule has 1 N–H and O–H groups in total.